The first-order valence-electron chi connectivity index (χ1n) is 13.4. The zero-order valence-corrected chi connectivity index (χ0v) is 21.4. The van der Waals surface area contributed by atoms with E-state index in [1.54, 1.807) is 0 Å². The molecule has 5 aromatic carbocycles. The minimum Gasteiger partial charge on any atom is -0.436 e. The normalized spacial score (nSPS) is 11.6. The minimum absolute atomic E-state index is 0.667. The smallest absolute Gasteiger partial charge is 0.227 e. The molecule has 0 spiro atoms. The van der Waals surface area contributed by atoms with E-state index in [2.05, 4.69) is 121 Å². The van der Waals surface area contributed by atoms with E-state index in [0.717, 1.165) is 23.1 Å². The Morgan fingerprint density at radius 2 is 1.39 bits per heavy atom. The summed E-state index contributed by atoms with van der Waals surface area (Å²) in [5.74, 6) is 0.667. The van der Waals surface area contributed by atoms with Crippen molar-refractivity contribution >= 4 is 32.9 Å². The van der Waals surface area contributed by atoms with Crippen molar-refractivity contribution in [3.63, 3.8) is 0 Å². The van der Waals surface area contributed by atoms with Gasteiger partial charge in [-0.2, -0.15) is 0 Å². The number of rotatable bonds is 6. The zero-order valence-electron chi connectivity index (χ0n) is 21.4. The molecule has 0 fully saturated rings. The predicted octanol–water partition coefficient (Wildman–Crippen LogP) is 9.60. The first-order valence-corrected chi connectivity index (χ1v) is 13.4. The topological polar surface area (TPSA) is 31.0 Å². The van der Waals surface area contributed by atoms with Crippen molar-refractivity contribution in [1.29, 1.82) is 0 Å². The third kappa shape index (κ3) is 3.88. The highest BCUT2D eigenvalue weighted by Gasteiger charge is 2.14. The van der Waals surface area contributed by atoms with Gasteiger partial charge in [-0.3, -0.25) is 0 Å². The predicted molar refractivity (Wildman–Crippen MR) is 158 cm³/mol. The van der Waals surface area contributed by atoms with Crippen molar-refractivity contribution in [2.75, 3.05) is 0 Å². The van der Waals surface area contributed by atoms with Gasteiger partial charge in [-0.15, -0.1) is 0 Å². The Balaban J connectivity index is 1.25. The molecule has 38 heavy (non-hydrogen) atoms. The average molecular weight is 493 g/mol. The second-order valence-corrected chi connectivity index (χ2v) is 9.92. The second-order valence-electron chi connectivity index (χ2n) is 9.92. The number of para-hydroxylation sites is 2. The summed E-state index contributed by atoms with van der Waals surface area (Å²) < 4.78 is 8.44. The monoisotopic (exact) mass is 492 g/mol. The maximum atomic E-state index is 6.10. The van der Waals surface area contributed by atoms with Gasteiger partial charge in [-0.1, -0.05) is 74.0 Å². The molecule has 2 aromatic heterocycles. The Hall–Kier alpha value is -4.63. The lowest BCUT2D eigenvalue weighted by Crippen LogP contribution is -1.92. The molecule has 0 amide bonds. The van der Waals surface area contributed by atoms with Crippen LogP contribution in [0.25, 0.3) is 61.2 Å². The van der Waals surface area contributed by atoms with Crippen LogP contribution in [0, 0.1) is 0 Å². The van der Waals surface area contributed by atoms with Crippen molar-refractivity contribution in [3.05, 3.63) is 121 Å². The van der Waals surface area contributed by atoms with E-state index >= 15 is 0 Å². The Labute approximate surface area is 222 Å². The van der Waals surface area contributed by atoms with Gasteiger partial charge in [0.1, 0.15) is 5.52 Å². The van der Waals surface area contributed by atoms with Crippen LogP contribution in [-0.4, -0.2) is 9.55 Å². The highest BCUT2D eigenvalue weighted by molar-refractivity contribution is 6.10. The molecule has 0 unspecified atom stereocenters. The van der Waals surface area contributed by atoms with E-state index in [-0.39, 0.29) is 0 Å². The standard InChI is InChI=1S/C35H28N2O/c1-2-3-9-24-14-21-34-31(22-24)36-35(38-34)26-17-15-25(16-18-26)27-19-20-33-30(23-27)29-12-7-8-13-32(29)37(33)28-10-5-4-6-11-28/h4-8,10-23H,2-3,9H2,1H3. The van der Waals surface area contributed by atoms with E-state index in [9.17, 15) is 0 Å². The molecule has 0 N–H and O–H groups in total. The summed E-state index contributed by atoms with van der Waals surface area (Å²) in [4.78, 5) is 4.79. The summed E-state index contributed by atoms with van der Waals surface area (Å²) in [7, 11) is 0. The van der Waals surface area contributed by atoms with Crippen LogP contribution >= 0.6 is 0 Å². The summed E-state index contributed by atoms with van der Waals surface area (Å²) in [6.45, 7) is 2.22. The molecule has 0 aliphatic heterocycles. The summed E-state index contributed by atoms with van der Waals surface area (Å²) in [6.07, 6.45) is 3.46. The maximum absolute atomic E-state index is 6.10. The number of oxazole rings is 1. The molecule has 7 aromatic rings. The van der Waals surface area contributed by atoms with E-state index in [1.165, 1.54) is 57.0 Å². The number of aryl methyl sites for hydroxylation is 1. The molecular formula is C35H28N2O. The molecule has 0 bridgehead atoms. The Morgan fingerprint density at radius 1 is 0.658 bits per heavy atom. The SMILES string of the molecule is CCCCc1ccc2oc(-c3ccc(-c4ccc5c(c4)c4ccccc4n5-c4ccccc4)cc3)nc2c1. The summed E-state index contributed by atoms with van der Waals surface area (Å²) in [6, 6.07) is 40.9. The van der Waals surface area contributed by atoms with Crippen molar-refractivity contribution in [2.24, 2.45) is 0 Å². The molecule has 3 nitrogen and oxygen atoms in total. The number of unbranched alkanes of at least 4 members (excludes halogenated alkanes) is 1. The molecule has 7 rings (SSSR count). The Morgan fingerprint density at radius 3 is 2.24 bits per heavy atom. The fourth-order valence-electron chi connectivity index (χ4n) is 5.45. The quantitative estimate of drug-likeness (QED) is 0.231. The molecule has 0 saturated carbocycles. The van der Waals surface area contributed by atoms with E-state index < -0.39 is 0 Å². The minimum atomic E-state index is 0.667. The van der Waals surface area contributed by atoms with Crippen LogP contribution in [0.1, 0.15) is 25.3 Å². The fraction of sp³-hybridized carbons (Fsp3) is 0.114. The van der Waals surface area contributed by atoms with Gasteiger partial charge in [-0.05, 0) is 84.1 Å². The highest BCUT2D eigenvalue weighted by atomic mass is 16.3. The van der Waals surface area contributed by atoms with Gasteiger partial charge in [0.15, 0.2) is 5.58 Å². The molecule has 0 aliphatic rings. The lowest BCUT2D eigenvalue weighted by molar-refractivity contribution is 0.620. The van der Waals surface area contributed by atoms with Gasteiger partial charge in [0.25, 0.3) is 0 Å². The van der Waals surface area contributed by atoms with Gasteiger partial charge in [0.05, 0.1) is 11.0 Å². The van der Waals surface area contributed by atoms with Gasteiger partial charge in [0, 0.05) is 22.0 Å². The first-order chi connectivity index (χ1) is 18.8. The van der Waals surface area contributed by atoms with Crippen molar-refractivity contribution in [1.82, 2.24) is 9.55 Å². The molecule has 0 radical (unpaired) electrons. The van der Waals surface area contributed by atoms with Crippen LogP contribution < -0.4 is 0 Å². The molecule has 0 aliphatic carbocycles. The average Bonchev–Trinajstić information content (AvgIpc) is 3.55. The van der Waals surface area contributed by atoms with Crippen molar-refractivity contribution < 1.29 is 4.42 Å². The Kier molecular flexibility index (Phi) is 5.55. The third-order valence-corrected chi connectivity index (χ3v) is 7.42. The summed E-state index contributed by atoms with van der Waals surface area (Å²) in [5.41, 5.74) is 10.0. The lowest BCUT2D eigenvalue weighted by Gasteiger charge is -2.08. The van der Waals surface area contributed by atoms with E-state index in [1.807, 2.05) is 6.07 Å². The van der Waals surface area contributed by atoms with Crippen LogP contribution in [0.5, 0.6) is 0 Å². The van der Waals surface area contributed by atoms with Crippen LogP contribution in [0.3, 0.4) is 0 Å². The Bertz CT molecular complexity index is 1890. The van der Waals surface area contributed by atoms with Crippen LogP contribution in [-0.2, 0) is 6.42 Å². The van der Waals surface area contributed by atoms with E-state index in [4.69, 9.17) is 9.40 Å². The second kappa shape index (κ2) is 9.35. The number of benzene rings is 5. The molecular weight excluding hydrogens is 464 g/mol. The van der Waals surface area contributed by atoms with Crippen LogP contribution in [0.2, 0.25) is 0 Å². The summed E-state index contributed by atoms with van der Waals surface area (Å²) in [5, 5.41) is 2.51. The maximum Gasteiger partial charge on any atom is 0.227 e. The van der Waals surface area contributed by atoms with Gasteiger partial charge < -0.3 is 8.98 Å². The van der Waals surface area contributed by atoms with E-state index in [0.29, 0.717) is 5.89 Å². The van der Waals surface area contributed by atoms with Crippen LogP contribution in [0.4, 0.5) is 0 Å². The molecule has 184 valence electrons. The number of hydrogen-bond acceptors (Lipinski definition) is 2. The number of hydrogen-bond donors (Lipinski definition) is 0. The largest absolute Gasteiger partial charge is 0.436 e. The molecule has 2 heterocycles. The van der Waals surface area contributed by atoms with Crippen molar-refractivity contribution in [3.8, 4) is 28.3 Å². The van der Waals surface area contributed by atoms with Gasteiger partial charge >= 0.3 is 0 Å². The van der Waals surface area contributed by atoms with Gasteiger partial charge in [0.2, 0.25) is 5.89 Å². The first kappa shape index (κ1) is 22.6. The van der Waals surface area contributed by atoms with Gasteiger partial charge in [-0.25, -0.2) is 4.98 Å². The number of nitrogens with zero attached hydrogens (tertiary/aromatic N) is 2. The molecule has 3 heteroatoms. The summed E-state index contributed by atoms with van der Waals surface area (Å²) >= 11 is 0. The fourth-order valence-corrected chi connectivity index (χ4v) is 5.45. The molecule has 0 saturated heterocycles. The number of aromatic nitrogens is 2. The van der Waals surface area contributed by atoms with Crippen LogP contribution in [0.15, 0.2) is 120 Å². The highest BCUT2D eigenvalue weighted by Crippen LogP contribution is 2.35. The number of fused-ring (bicyclic) bond motifs is 4. The van der Waals surface area contributed by atoms with Crippen molar-refractivity contribution in [2.45, 2.75) is 26.2 Å². The lowest BCUT2D eigenvalue weighted by atomic mass is 10.0. The molecule has 0 atom stereocenters. The zero-order chi connectivity index (χ0) is 25.5. The third-order valence-electron chi connectivity index (χ3n) is 7.42.